The maximum Gasteiger partial charge on any atom is 0.281 e. The van der Waals surface area contributed by atoms with Crippen LogP contribution in [0, 0.1) is 0 Å². The number of hydrogen-bond acceptors (Lipinski definition) is 2. The fraction of sp³-hybridized carbons (Fsp3) is 0.600. The summed E-state index contributed by atoms with van der Waals surface area (Å²) in [5, 5.41) is 0. The summed E-state index contributed by atoms with van der Waals surface area (Å²) in [5.41, 5.74) is 1.50. The number of nitrogens with zero attached hydrogens (tertiary/aromatic N) is 1. The van der Waals surface area contributed by atoms with Crippen LogP contribution in [0.1, 0.15) is 87.1 Å². The Bertz CT molecular complexity index is 522. The zero-order valence-corrected chi connectivity index (χ0v) is 14.4. The molecule has 1 aliphatic rings. The molecule has 0 aromatic heterocycles. The highest BCUT2D eigenvalue weighted by Crippen LogP contribution is 2.19. The van der Waals surface area contributed by atoms with Gasteiger partial charge in [0.1, 0.15) is 0 Å². The van der Waals surface area contributed by atoms with Crippen LogP contribution < -0.4 is 0 Å². The molecule has 1 heterocycles. The summed E-state index contributed by atoms with van der Waals surface area (Å²) in [6.45, 7) is 2.91. The van der Waals surface area contributed by atoms with Gasteiger partial charge in [-0.25, -0.2) is 0 Å². The lowest BCUT2D eigenvalue weighted by molar-refractivity contribution is 0.100. The number of rotatable bonds is 11. The summed E-state index contributed by atoms with van der Waals surface area (Å²) >= 11 is 0. The Morgan fingerprint density at radius 3 is 2.04 bits per heavy atom. The normalized spacial score (nSPS) is 13.1. The molecular weight excluding hydrogens is 286 g/mol. The first-order chi connectivity index (χ1) is 11.3. The van der Waals surface area contributed by atoms with Crippen LogP contribution in [0.2, 0.25) is 0 Å². The summed E-state index contributed by atoms with van der Waals surface area (Å²) in [6, 6.07) is 7.48. The van der Waals surface area contributed by atoms with Gasteiger partial charge in [-0.15, -0.1) is 0 Å². The van der Waals surface area contributed by atoms with E-state index in [1.54, 1.807) is 6.07 Å². The predicted octanol–water partition coefficient (Wildman–Crippen LogP) is 5.52. The monoisotopic (exact) mass is 315 g/mol. The Hall–Kier alpha value is -1.64. The molecule has 0 saturated carbocycles. The number of benzene rings is 1. The van der Waals surface area contributed by atoms with Crippen molar-refractivity contribution in [2.75, 3.05) is 6.61 Å². The highest BCUT2D eigenvalue weighted by molar-refractivity contribution is 6.18. The number of aliphatic imine (C=N–C) groups is 1. The minimum atomic E-state index is -0.182. The summed E-state index contributed by atoms with van der Waals surface area (Å²) < 4.78 is 5.70. The molecular formula is C20H29NO2. The maximum atomic E-state index is 11.7. The molecule has 0 N–H and O–H groups in total. The third-order valence-corrected chi connectivity index (χ3v) is 4.33. The van der Waals surface area contributed by atoms with Crippen molar-refractivity contribution >= 4 is 11.8 Å². The minimum Gasteiger partial charge on any atom is -0.477 e. The quantitative estimate of drug-likeness (QED) is 0.504. The first-order valence-electron chi connectivity index (χ1n) is 9.18. The van der Waals surface area contributed by atoms with Crippen molar-refractivity contribution in [1.29, 1.82) is 0 Å². The third kappa shape index (κ3) is 5.81. The number of ether oxygens (including phenoxy) is 1. The van der Waals surface area contributed by atoms with E-state index in [0.717, 1.165) is 12.0 Å². The van der Waals surface area contributed by atoms with E-state index < -0.39 is 0 Å². The second-order valence-corrected chi connectivity index (χ2v) is 6.30. The van der Waals surface area contributed by atoms with Gasteiger partial charge in [0.2, 0.25) is 5.90 Å². The molecule has 0 radical (unpaired) electrons. The van der Waals surface area contributed by atoms with Gasteiger partial charge in [0.15, 0.2) is 0 Å². The standard InChI is InChI=1S/C20H29NO2/c1-2-3-4-5-6-7-8-9-10-13-16-23-20-18-15-12-11-14-17(18)19(22)21-20/h11-12,14-15H,2-10,13,16H2,1H3. The van der Waals surface area contributed by atoms with Crippen molar-refractivity contribution in [3.05, 3.63) is 35.4 Å². The molecule has 1 aliphatic heterocycles. The molecule has 1 aromatic carbocycles. The van der Waals surface area contributed by atoms with Gasteiger partial charge < -0.3 is 4.74 Å². The molecule has 0 bridgehead atoms. The smallest absolute Gasteiger partial charge is 0.281 e. The second-order valence-electron chi connectivity index (χ2n) is 6.30. The average molecular weight is 315 g/mol. The summed E-state index contributed by atoms with van der Waals surface area (Å²) in [7, 11) is 0. The van der Waals surface area contributed by atoms with Crippen LogP contribution in [-0.4, -0.2) is 18.4 Å². The van der Waals surface area contributed by atoms with Crippen LogP contribution in [-0.2, 0) is 4.74 Å². The summed E-state index contributed by atoms with van der Waals surface area (Å²) in [5.74, 6) is 0.320. The number of hydrogen-bond donors (Lipinski definition) is 0. The molecule has 1 amide bonds. The molecule has 3 nitrogen and oxygen atoms in total. The lowest BCUT2D eigenvalue weighted by atomic mass is 10.1. The minimum absolute atomic E-state index is 0.182. The summed E-state index contributed by atoms with van der Waals surface area (Å²) in [6.07, 6.45) is 13.1. The second kappa shape index (κ2) is 10.2. The zero-order chi connectivity index (χ0) is 16.3. The van der Waals surface area contributed by atoms with Crippen molar-refractivity contribution in [2.45, 2.75) is 71.1 Å². The van der Waals surface area contributed by atoms with Crippen LogP contribution >= 0.6 is 0 Å². The SMILES string of the molecule is CCCCCCCCCCCCOC1=NC(=O)c2ccccc21. The van der Waals surface area contributed by atoms with Gasteiger partial charge in [0.25, 0.3) is 5.91 Å². The van der Waals surface area contributed by atoms with Crippen molar-refractivity contribution < 1.29 is 9.53 Å². The van der Waals surface area contributed by atoms with Gasteiger partial charge >= 0.3 is 0 Å². The topological polar surface area (TPSA) is 38.7 Å². The van der Waals surface area contributed by atoms with E-state index in [1.165, 1.54) is 57.8 Å². The lowest BCUT2D eigenvalue weighted by Gasteiger charge is -2.06. The van der Waals surface area contributed by atoms with Gasteiger partial charge in [0.05, 0.1) is 12.2 Å². The highest BCUT2D eigenvalue weighted by Gasteiger charge is 2.23. The van der Waals surface area contributed by atoms with E-state index in [9.17, 15) is 4.79 Å². The van der Waals surface area contributed by atoms with Crippen LogP contribution in [0.25, 0.3) is 0 Å². The van der Waals surface area contributed by atoms with Crippen LogP contribution in [0.3, 0.4) is 0 Å². The fourth-order valence-corrected chi connectivity index (χ4v) is 2.94. The van der Waals surface area contributed by atoms with Gasteiger partial charge in [-0.2, -0.15) is 4.99 Å². The summed E-state index contributed by atoms with van der Waals surface area (Å²) in [4.78, 5) is 15.7. The van der Waals surface area contributed by atoms with Crippen molar-refractivity contribution in [3.8, 4) is 0 Å². The Kier molecular flexibility index (Phi) is 7.85. The first-order valence-corrected chi connectivity index (χ1v) is 9.18. The van der Waals surface area contributed by atoms with Crippen molar-refractivity contribution in [3.63, 3.8) is 0 Å². The molecule has 3 heteroatoms. The molecule has 23 heavy (non-hydrogen) atoms. The Morgan fingerprint density at radius 1 is 0.826 bits per heavy atom. The molecule has 0 unspecified atom stereocenters. The lowest BCUT2D eigenvalue weighted by Crippen LogP contribution is -2.05. The molecule has 1 aromatic rings. The van der Waals surface area contributed by atoms with Gasteiger partial charge in [-0.1, -0.05) is 76.8 Å². The molecule has 0 atom stereocenters. The van der Waals surface area contributed by atoms with Crippen LogP contribution in [0.5, 0.6) is 0 Å². The van der Waals surface area contributed by atoms with E-state index in [1.807, 2.05) is 18.2 Å². The number of carbonyl (C=O) groups is 1. The van der Waals surface area contributed by atoms with Gasteiger partial charge in [-0.3, -0.25) is 4.79 Å². The van der Waals surface area contributed by atoms with Crippen molar-refractivity contribution in [1.82, 2.24) is 0 Å². The molecule has 0 spiro atoms. The maximum absolute atomic E-state index is 11.7. The van der Waals surface area contributed by atoms with Crippen molar-refractivity contribution in [2.24, 2.45) is 4.99 Å². The van der Waals surface area contributed by atoms with E-state index in [-0.39, 0.29) is 5.91 Å². The van der Waals surface area contributed by atoms with E-state index >= 15 is 0 Å². The fourth-order valence-electron chi connectivity index (χ4n) is 2.94. The molecule has 0 aliphatic carbocycles. The Morgan fingerprint density at radius 2 is 1.39 bits per heavy atom. The van der Waals surface area contributed by atoms with Gasteiger partial charge in [-0.05, 0) is 18.6 Å². The first kappa shape index (κ1) is 17.7. The predicted molar refractivity (Wildman–Crippen MR) is 95.1 cm³/mol. The Labute approximate surface area is 140 Å². The van der Waals surface area contributed by atoms with Crippen LogP contribution in [0.15, 0.2) is 29.3 Å². The largest absolute Gasteiger partial charge is 0.477 e. The molecule has 2 rings (SSSR count). The third-order valence-electron chi connectivity index (χ3n) is 4.33. The molecule has 126 valence electrons. The van der Waals surface area contributed by atoms with E-state index in [2.05, 4.69) is 11.9 Å². The average Bonchev–Trinajstić information content (AvgIpc) is 2.89. The highest BCUT2D eigenvalue weighted by atomic mass is 16.5. The number of unbranched alkanes of at least 4 members (excludes halogenated alkanes) is 9. The number of amides is 1. The number of carbonyl (C=O) groups excluding carboxylic acids is 1. The van der Waals surface area contributed by atoms with E-state index in [0.29, 0.717) is 18.1 Å². The number of fused-ring (bicyclic) bond motifs is 1. The van der Waals surface area contributed by atoms with Gasteiger partial charge in [0, 0.05) is 5.56 Å². The molecule has 0 saturated heterocycles. The van der Waals surface area contributed by atoms with Crippen LogP contribution in [0.4, 0.5) is 0 Å². The zero-order valence-electron chi connectivity index (χ0n) is 14.4. The Balaban J connectivity index is 1.50. The van der Waals surface area contributed by atoms with E-state index in [4.69, 9.17) is 4.74 Å². The molecule has 0 fully saturated rings.